The van der Waals surface area contributed by atoms with Gasteiger partial charge in [0.25, 0.3) is 0 Å². The fourth-order valence-corrected chi connectivity index (χ4v) is 2.51. The first-order valence-corrected chi connectivity index (χ1v) is 7.12. The number of nitrogens with zero attached hydrogens (tertiary/aromatic N) is 4. The van der Waals surface area contributed by atoms with Crippen LogP contribution in [-0.4, -0.2) is 29.9 Å². The summed E-state index contributed by atoms with van der Waals surface area (Å²) in [4.78, 5) is 4.48. The summed E-state index contributed by atoms with van der Waals surface area (Å²) in [5.74, 6) is 0.892. The smallest absolute Gasteiger partial charge is 0.143 e. The minimum atomic E-state index is -0.682. The summed E-state index contributed by atoms with van der Waals surface area (Å²) >= 11 is 0. The molecule has 0 unspecified atom stereocenters. The van der Waals surface area contributed by atoms with Crippen molar-refractivity contribution in [2.24, 2.45) is 0 Å². The van der Waals surface area contributed by atoms with E-state index in [1.165, 1.54) is 5.56 Å². The van der Waals surface area contributed by atoms with Crippen molar-refractivity contribution in [1.82, 2.24) is 19.2 Å². The quantitative estimate of drug-likeness (QED) is 0.801. The third kappa shape index (κ3) is 2.69. The molecular weight excluding hydrogens is 264 g/mol. The summed E-state index contributed by atoms with van der Waals surface area (Å²) in [6.45, 7) is 6.44. The maximum absolute atomic E-state index is 9.90. The molecule has 110 valence electrons. The Labute approximate surface area is 123 Å². The number of hydrogen-bond donors (Lipinski definition) is 1. The maximum Gasteiger partial charge on any atom is 0.143 e. The van der Waals surface area contributed by atoms with Gasteiger partial charge in [0.05, 0.1) is 22.9 Å². The van der Waals surface area contributed by atoms with E-state index in [0.29, 0.717) is 6.42 Å². The van der Waals surface area contributed by atoms with Gasteiger partial charge in [0, 0.05) is 25.1 Å². The Bertz CT molecular complexity index is 764. The lowest BCUT2D eigenvalue weighted by atomic mass is 10.1. The van der Waals surface area contributed by atoms with Crippen LogP contribution in [0.2, 0.25) is 0 Å². The SMILES string of the molecule is Cc1cccn2ncc(-c3nccn3CCC(C)(C)O)c12. The molecule has 5 heteroatoms. The number of imidazole rings is 1. The van der Waals surface area contributed by atoms with Crippen LogP contribution in [0.5, 0.6) is 0 Å². The van der Waals surface area contributed by atoms with Gasteiger partial charge < -0.3 is 9.67 Å². The van der Waals surface area contributed by atoms with E-state index in [4.69, 9.17) is 0 Å². The van der Waals surface area contributed by atoms with E-state index < -0.39 is 5.60 Å². The van der Waals surface area contributed by atoms with Crippen LogP contribution in [-0.2, 0) is 6.54 Å². The topological polar surface area (TPSA) is 55.4 Å². The second kappa shape index (κ2) is 5.00. The Kier molecular flexibility index (Phi) is 3.29. The van der Waals surface area contributed by atoms with Gasteiger partial charge in [-0.05, 0) is 38.8 Å². The molecule has 0 spiro atoms. The molecule has 0 saturated heterocycles. The molecule has 3 aromatic rings. The standard InChI is InChI=1S/C16H20N4O/c1-12-5-4-8-20-14(12)13(11-18-20)15-17-7-10-19(15)9-6-16(2,3)21/h4-5,7-8,10-11,21H,6,9H2,1-3H3. The van der Waals surface area contributed by atoms with Crippen molar-refractivity contribution in [3.63, 3.8) is 0 Å². The zero-order chi connectivity index (χ0) is 15.0. The van der Waals surface area contributed by atoms with Crippen LogP contribution in [0.4, 0.5) is 0 Å². The van der Waals surface area contributed by atoms with Crippen molar-refractivity contribution in [3.05, 3.63) is 42.5 Å². The second-order valence-electron chi connectivity index (χ2n) is 6.05. The highest BCUT2D eigenvalue weighted by molar-refractivity contribution is 5.78. The van der Waals surface area contributed by atoms with Crippen molar-refractivity contribution in [2.75, 3.05) is 0 Å². The van der Waals surface area contributed by atoms with Gasteiger partial charge in [-0.1, -0.05) is 6.07 Å². The van der Waals surface area contributed by atoms with Gasteiger partial charge in [0.1, 0.15) is 5.82 Å². The second-order valence-corrected chi connectivity index (χ2v) is 6.05. The predicted molar refractivity (Wildman–Crippen MR) is 82.1 cm³/mol. The first kappa shape index (κ1) is 13.8. The van der Waals surface area contributed by atoms with E-state index in [2.05, 4.69) is 27.6 Å². The van der Waals surface area contributed by atoms with Crippen molar-refractivity contribution < 1.29 is 5.11 Å². The van der Waals surface area contributed by atoms with Gasteiger partial charge in [0.15, 0.2) is 0 Å². The Balaban J connectivity index is 2.02. The molecule has 0 saturated carbocycles. The van der Waals surface area contributed by atoms with E-state index in [-0.39, 0.29) is 0 Å². The van der Waals surface area contributed by atoms with Gasteiger partial charge >= 0.3 is 0 Å². The predicted octanol–water partition coefficient (Wildman–Crippen LogP) is 2.67. The van der Waals surface area contributed by atoms with Gasteiger partial charge in [0.2, 0.25) is 0 Å². The Morgan fingerprint density at radius 2 is 2.10 bits per heavy atom. The van der Waals surface area contributed by atoms with E-state index >= 15 is 0 Å². The molecule has 3 heterocycles. The molecule has 0 aliphatic rings. The first-order valence-electron chi connectivity index (χ1n) is 7.12. The minimum Gasteiger partial charge on any atom is -0.390 e. The van der Waals surface area contributed by atoms with Crippen molar-refractivity contribution >= 4 is 5.52 Å². The largest absolute Gasteiger partial charge is 0.390 e. The van der Waals surface area contributed by atoms with Crippen molar-refractivity contribution in [2.45, 2.75) is 39.3 Å². The summed E-state index contributed by atoms with van der Waals surface area (Å²) in [5, 5.41) is 14.3. The summed E-state index contributed by atoms with van der Waals surface area (Å²) in [6, 6.07) is 4.06. The summed E-state index contributed by atoms with van der Waals surface area (Å²) in [6.07, 6.45) is 8.21. The Morgan fingerprint density at radius 3 is 2.86 bits per heavy atom. The van der Waals surface area contributed by atoms with Crippen LogP contribution < -0.4 is 0 Å². The molecule has 1 N–H and O–H groups in total. The zero-order valence-electron chi connectivity index (χ0n) is 12.6. The highest BCUT2D eigenvalue weighted by Crippen LogP contribution is 2.26. The van der Waals surface area contributed by atoms with Crippen LogP contribution in [0, 0.1) is 6.92 Å². The van der Waals surface area contributed by atoms with Crippen LogP contribution in [0.1, 0.15) is 25.8 Å². The van der Waals surface area contributed by atoms with E-state index in [1.807, 2.05) is 43.0 Å². The number of pyridine rings is 1. The Morgan fingerprint density at radius 1 is 1.29 bits per heavy atom. The van der Waals surface area contributed by atoms with Gasteiger partial charge in [-0.15, -0.1) is 0 Å². The van der Waals surface area contributed by atoms with E-state index in [0.717, 1.165) is 23.4 Å². The lowest BCUT2D eigenvalue weighted by Crippen LogP contribution is -2.21. The molecule has 0 radical (unpaired) electrons. The molecule has 3 aromatic heterocycles. The van der Waals surface area contributed by atoms with Crippen molar-refractivity contribution in [1.29, 1.82) is 0 Å². The van der Waals surface area contributed by atoms with Crippen LogP contribution in [0.3, 0.4) is 0 Å². The number of aliphatic hydroxyl groups is 1. The number of fused-ring (bicyclic) bond motifs is 1. The highest BCUT2D eigenvalue weighted by atomic mass is 16.3. The fourth-order valence-electron chi connectivity index (χ4n) is 2.51. The average molecular weight is 284 g/mol. The third-order valence-electron chi connectivity index (χ3n) is 3.66. The summed E-state index contributed by atoms with van der Waals surface area (Å²) in [5.41, 5.74) is 2.59. The van der Waals surface area contributed by atoms with E-state index in [1.54, 1.807) is 6.20 Å². The fraction of sp³-hybridized carbons (Fsp3) is 0.375. The van der Waals surface area contributed by atoms with Crippen LogP contribution >= 0.6 is 0 Å². The van der Waals surface area contributed by atoms with Gasteiger partial charge in [-0.2, -0.15) is 5.10 Å². The number of rotatable bonds is 4. The zero-order valence-corrected chi connectivity index (χ0v) is 12.6. The normalized spacial score (nSPS) is 12.2. The Hall–Kier alpha value is -2.14. The number of aromatic nitrogens is 4. The molecule has 0 aliphatic heterocycles. The van der Waals surface area contributed by atoms with E-state index in [9.17, 15) is 5.11 Å². The molecule has 0 fully saturated rings. The third-order valence-corrected chi connectivity index (χ3v) is 3.66. The van der Waals surface area contributed by atoms with Crippen LogP contribution in [0.25, 0.3) is 16.9 Å². The molecule has 3 rings (SSSR count). The summed E-state index contributed by atoms with van der Waals surface area (Å²) < 4.78 is 3.95. The average Bonchev–Trinajstić information content (AvgIpc) is 3.01. The first-order chi connectivity index (χ1) is 9.96. The van der Waals surface area contributed by atoms with Crippen LogP contribution in [0.15, 0.2) is 36.9 Å². The number of hydrogen-bond acceptors (Lipinski definition) is 3. The van der Waals surface area contributed by atoms with Gasteiger partial charge in [-0.25, -0.2) is 9.50 Å². The van der Waals surface area contributed by atoms with Crippen molar-refractivity contribution in [3.8, 4) is 11.4 Å². The molecule has 0 aliphatic carbocycles. The maximum atomic E-state index is 9.90. The highest BCUT2D eigenvalue weighted by Gasteiger charge is 2.16. The molecule has 0 aromatic carbocycles. The van der Waals surface area contributed by atoms with Gasteiger partial charge in [-0.3, -0.25) is 0 Å². The molecule has 0 bridgehead atoms. The molecule has 0 amide bonds. The molecule has 5 nitrogen and oxygen atoms in total. The minimum absolute atomic E-state index is 0.675. The molecule has 0 atom stereocenters. The lowest BCUT2D eigenvalue weighted by molar-refractivity contribution is 0.0663. The molecule has 21 heavy (non-hydrogen) atoms. The number of aryl methyl sites for hydroxylation is 2. The monoisotopic (exact) mass is 284 g/mol. The summed E-state index contributed by atoms with van der Waals surface area (Å²) in [7, 11) is 0. The lowest BCUT2D eigenvalue weighted by Gasteiger charge is -2.17. The molecular formula is C16H20N4O.